The van der Waals surface area contributed by atoms with Crippen molar-refractivity contribution in [3.63, 3.8) is 0 Å². The molecule has 1 saturated heterocycles. The van der Waals surface area contributed by atoms with Gasteiger partial charge < -0.3 is 10.4 Å². The van der Waals surface area contributed by atoms with Gasteiger partial charge in [-0.2, -0.15) is 0 Å². The Morgan fingerprint density at radius 3 is 3.12 bits per heavy atom. The van der Waals surface area contributed by atoms with Gasteiger partial charge in [-0.1, -0.05) is 11.6 Å². The lowest BCUT2D eigenvalue weighted by atomic mass is 9.86. The Balaban J connectivity index is 2.09. The summed E-state index contributed by atoms with van der Waals surface area (Å²) in [6, 6.07) is 3.56. The van der Waals surface area contributed by atoms with Gasteiger partial charge in [-0.05, 0) is 49.5 Å². The van der Waals surface area contributed by atoms with Crippen LogP contribution in [-0.4, -0.2) is 29.1 Å². The largest absolute Gasteiger partial charge is 0.481 e. The highest BCUT2D eigenvalue weighted by Gasteiger charge is 2.30. The van der Waals surface area contributed by atoms with E-state index in [0.29, 0.717) is 11.6 Å². The number of hydrogen-bond acceptors (Lipinski definition) is 3. The van der Waals surface area contributed by atoms with E-state index >= 15 is 0 Å². The lowest BCUT2D eigenvalue weighted by molar-refractivity contribution is -0.143. The molecule has 0 bridgehead atoms. The van der Waals surface area contributed by atoms with Crippen LogP contribution in [0.3, 0.4) is 0 Å². The third-order valence-electron chi connectivity index (χ3n) is 3.23. The molecule has 2 atom stereocenters. The van der Waals surface area contributed by atoms with Gasteiger partial charge in [0.25, 0.3) is 0 Å². The van der Waals surface area contributed by atoms with Crippen molar-refractivity contribution in [1.29, 1.82) is 0 Å². The van der Waals surface area contributed by atoms with Crippen molar-refractivity contribution in [1.82, 2.24) is 10.3 Å². The van der Waals surface area contributed by atoms with Crippen LogP contribution in [0.15, 0.2) is 18.3 Å². The molecule has 2 heterocycles. The first-order valence-corrected chi connectivity index (χ1v) is 6.08. The van der Waals surface area contributed by atoms with Crippen LogP contribution in [-0.2, 0) is 11.2 Å². The Labute approximate surface area is 105 Å². The normalized spacial score (nSPS) is 21.4. The van der Waals surface area contributed by atoms with Crippen molar-refractivity contribution in [2.24, 2.45) is 11.8 Å². The zero-order chi connectivity index (χ0) is 12.3. The van der Waals surface area contributed by atoms with Crippen molar-refractivity contribution in [3.8, 4) is 0 Å². The van der Waals surface area contributed by atoms with Gasteiger partial charge in [0.05, 0.1) is 5.92 Å². The van der Waals surface area contributed by atoms with Gasteiger partial charge in [0, 0.05) is 6.20 Å². The number of nitrogens with zero attached hydrogens (tertiary/aromatic N) is 1. The predicted octanol–water partition coefficient (Wildman–Crippen LogP) is 1.59. The summed E-state index contributed by atoms with van der Waals surface area (Å²) in [4.78, 5) is 15.2. The second-order valence-electron chi connectivity index (χ2n) is 4.39. The summed E-state index contributed by atoms with van der Waals surface area (Å²) >= 11 is 5.80. The molecule has 1 aliphatic heterocycles. The number of carboxylic acid groups (broad SMARTS) is 1. The number of hydrogen-bond donors (Lipinski definition) is 2. The summed E-state index contributed by atoms with van der Waals surface area (Å²) in [7, 11) is 0. The van der Waals surface area contributed by atoms with Crippen LogP contribution < -0.4 is 5.32 Å². The Morgan fingerprint density at radius 2 is 2.53 bits per heavy atom. The second-order valence-corrected chi connectivity index (χ2v) is 4.78. The summed E-state index contributed by atoms with van der Waals surface area (Å²) < 4.78 is 0. The van der Waals surface area contributed by atoms with E-state index in [4.69, 9.17) is 11.6 Å². The van der Waals surface area contributed by atoms with Crippen LogP contribution in [0.4, 0.5) is 0 Å². The topological polar surface area (TPSA) is 62.2 Å². The Hall–Kier alpha value is -1.13. The van der Waals surface area contributed by atoms with Gasteiger partial charge in [-0.25, -0.2) is 4.98 Å². The highest BCUT2D eigenvalue weighted by Crippen LogP contribution is 2.24. The molecule has 0 aromatic carbocycles. The van der Waals surface area contributed by atoms with Gasteiger partial charge in [-0.15, -0.1) is 0 Å². The zero-order valence-corrected chi connectivity index (χ0v) is 10.2. The van der Waals surface area contributed by atoms with Crippen molar-refractivity contribution < 1.29 is 9.90 Å². The fraction of sp³-hybridized carbons (Fsp3) is 0.500. The summed E-state index contributed by atoms with van der Waals surface area (Å²) in [6.45, 7) is 1.70. The molecule has 1 aromatic heterocycles. The first-order chi connectivity index (χ1) is 8.16. The van der Waals surface area contributed by atoms with Crippen LogP contribution >= 0.6 is 11.6 Å². The Morgan fingerprint density at radius 1 is 1.71 bits per heavy atom. The number of nitrogens with one attached hydrogen (secondary N) is 1. The van der Waals surface area contributed by atoms with E-state index in [2.05, 4.69) is 10.3 Å². The molecule has 1 fully saturated rings. The molecule has 1 aliphatic rings. The number of carbonyl (C=O) groups is 1. The van der Waals surface area contributed by atoms with E-state index in [1.165, 1.54) is 0 Å². The van der Waals surface area contributed by atoms with Gasteiger partial charge in [0.1, 0.15) is 5.15 Å². The average Bonchev–Trinajstić information content (AvgIpc) is 2.78. The average molecular weight is 255 g/mol. The third-order valence-corrected chi connectivity index (χ3v) is 3.44. The number of rotatable bonds is 4. The van der Waals surface area contributed by atoms with Crippen molar-refractivity contribution in [2.75, 3.05) is 13.1 Å². The van der Waals surface area contributed by atoms with Crippen LogP contribution in [0, 0.1) is 11.8 Å². The summed E-state index contributed by atoms with van der Waals surface area (Å²) in [5.41, 5.74) is 0.935. The Bertz CT molecular complexity index is 405. The van der Waals surface area contributed by atoms with Crippen molar-refractivity contribution >= 4 is 17.6 Å². The van der Waals surface area contributed by atoms with E-state index in [1.54, 1.807) is 12.3 Å². The van der Waals surface area contributed by atoms with Crippen LogP contribution in [0.1, 0.15) is 12.0 Å². The lowest BCUT2D eigenvalue weighted by Gasteiger charge is -2.18. The second kappa shape index (κ2) is 5.47. The molecular weight excluding hydrogens is 240 g/mol. The minimum absolute atomic E-state index is 0.208. The minimum Gasteiger partial charge on any atom is -0.481 e. The first-order valence-electron chi connectivity index (χ1n) is 5.71. The summed E-state index contributed by atoms with van der Waals surface area (Å²) in [5, 5.41) is 12.9. The van der Waals surface area contributed by atoms with Crippen molar-refractivity contribution in [3.05, 3.63) is 29.0 Å². The van der Waals surface area contributed by atoms with E-state index < -0.39 is 5.97 Å². The molecule has 0 aliphatic carbocycles. The van der Waals surface area contributed by atoms with Crippen LogP contribution in [0.2, 0.25) is 5.15 Å². The SMILES string of the molecule is O=C(O)C(Cc1ccnc(Cl)c1)C1CCNC1. The molecule has 0 radical (unpaired) electrons. The standard InChI is InChI=1S/C12H15ClN2O2/c13-11-6-8(1-4-15-11)5-10(12(16)17)9-2-3-14-7-9/h1,4,6,9-10,14H,2-3,5,7H2,(H,16,17). The maximum absolute atomic E-state index is 11.3. The molecular formula is C12H15ClN2O2. The third kappa shape index (κ3) is 3.17. The van der Waals surface area contributed by atoms with E-state index in [9.17, 15) is 9.90 Å². The smallest absolute Gasteiger partial charge is 0.307 e. The predicted molar refractivity (Wildman–Crippen MR) is 65.1 cm³/mol. The highest BCUT2D eigenvalue weighted by atomic mass is 35.5. The van der Waals surface area contributed by atoms with Gasteiger partial charge in [0.15, 0.2) is 0 Å². The zero-order valence-electron chi connectivity index (χ0n) is 9.40. The van der Waals surface area contributed by atoms with E-state index in [0.717, 1.165) is 25.1 Å². The van der Waals surface area contributed by atoms with Gasteiger partial charge in [0.2, 0.25) is 0 Å². The molecule has 0 amide bonds. The number of aliphatic carboxylic acids is 1. The van der Waals surface area contributed by atoms with E-state index in [1.807, 2.05) is 6.07 Å². The quantitative estimate of drug-likeness (QED) is 0.801. The minimum atomic E-state index is -0.730. The first kappa shape index (κ1) is 12.3. The summed E-state index contributed by atoms with van der Waals surface area (Å²) in [5.74, 6) is -0.866. The maximum atomic E-state index is 11.3. The van der Waals surface area contributed by atoms with Crippen LogP contribution in [0.5, 0.6) is 0 Å². The monoisotopic (exact) mass is 254 g/mol. The maximum Gasteiger partial charge on any atom is 0.307 e. The number of pyridine rings is 1. The fourth-order valence-corrected chi connectivity index (χ4v) is 2.50. The van der Waals surface area contributed by atoms with Gasteiger partial charge in [-0.3, -0.25) is 4.79 Å². The molecule has 5 heteroatoms. The molecule has 2 rings (SSSR count). The van der Waals surface area contributed by atoms with E-state index in [-0.39, 0.29) is 11.8 Å². The molecule has 1 aromatic rings. The summed E-state index contributed by atoms with van der Waals surface area (Å²) in [6.07, 6.45) is 3.06. The van der Waals surface area contributed by atoms with Crippen molar-refractivity contribution in [2.45, 2.75) is 12.8 Å². The number of halogens is 1. The molecule has 0 spiro atoms. The molecule has 2 unspecified atom stereocenters. The molecule has 92 valence electrons. The Kier molecular flexibility index (Phi) is 3.97. The number of aromatic nitrogens is 1. The molecule has 4 nitrogen and oxygen atoms in total. The number of carboxylic acids is 1. The van der Waals surface area contributed by atoms with Crippen LogP contribution in [0.25, 0.3) is 0 Å². The molecule has 2 N–H and O–H groups in total. The fourth-order valence-electron chi connectivity index (χ4n) is 2.30. The molecule has 17 heavy (non-hydrogen) atoms. The van der Waals surface area contributed by atoms with Gasteiger partial charge >= 0.3 is 5.97 Å². The highest BCUT2D eigenvalue weighted by molar-refractivity contribution is 6.29. The lowest BCUT2D eigenvalue weighted by Crippen LogP contribution is -2.27. The molecule has 0 saturated carbocycles.